The summed E-state index contributed by atoms with van der Waals surface area (Å²) in [6.07, 6.45) is 4.07. The highest BCUT2D eigenvalue weighted by Gasteiger charge is 2.31. The van der Waals surface area contributed by atoms with E-state index in [9.17, 15) is 13.9 Å². The molecular weight excluding hydrogens is 364 g/mol. The molecule has 0 spiro atoms. The highest BCUT2D eigenvalue weighted by molar-refractivity contribution is 5.72. The van der Waals surface area contributed by atoms with Crippen molar-refractivity contribution in [3.8, 4) is 5.88 Å². The molecule has 0 radical (unpaired) electrons. The molecule has 0 aromatic carbocycles. The van der Waals surface area contributed by atoms with Crippen LogP contribution in [0, 0.1) is 0 Å². The molecule has 0 bridgehead atoms. The maximum absolute atomic E-state index is 12.2. The summed E-state index contributed by atoms with van der Waals surface area (Å²) < 4.78 is 35.5. The number of anilines is 2. The smallest absolute Gasteiger partial charge is 0.388 e. The van der Waals surface area contributed by atoms with Gasteiger partial charge in [0.05, 0.1) is 24.5 Å². The predicted molar refractivity (Wildman–Crippen MR) is 88.8 cm³/mol. The maximum Gasteiger partial charge on any atom is 0.388 e. The zero-order valence-corrected chi connectivity index (χ0v) is 14.1. The van der Waals surface area contributed by atoms with Crippen LogP contribution in [0.1, 0.15) is 12.8 Å². The van der Waals surface area contributed by atoms with Crippen LogP contribution in [0.15, 0.2) is 18.5 Å². The fourth-order valence-electron chi connectivity index (χ4n) is 2.87. The zero-order valence-electron chi connectivity index (χ0n) is 14.1. The highest BCUT2D eigenvalue weighted by atomic mass is 19.3. The van der Waals surface area contributed by atoms with Gasteiger partial charge < -0.3 is 19.9 Å². The Labute approximate surface area is 151 Å². The van der Waals surface area contributed by atoms with Gasteiger partial charge in [0.25, 0.3) is 0 Å². The summed E-state index contributed by atoms with van der Waals surface area (Å²) in [5.41, 5.74) is 0.144. The topological polar surface area (TPSA) is 123 Å². The van der Waals surface area contributed by atoms with Crippen LogP contribution in [0.2, 0.25) is 0 Å². The molecule has 0 saturated carbocycles. The number of halogens is 2. The lowest BCUT2D eigenvalue weighted by Crippen LogP contribution is -2.40. The Balaban J connectivity index is 1.53. The SMILES string of the molecule is OC1(Cn2ncc3ncc(Nc4cc(OC(F)F)[nH]n4)nc32)CCOCC1. The molecule has 3 aromatic heterocycles. The first-order valence-corrected chi connectivity index (χ1v) is 8.27. The van der Waals surface area contributed by atoms with Crippen LogP contribution < -0.4 is 10.1 Å². The summed E-state index contributed by atoms with van der Waals surface area (Å²) >= 11 is 0. The van der Waals surface area contributed by atoms with E-state index in [1.54, 1.807) is 10.9 Å². The molecule has 144 valence electrons. The van der Waals surface area contributed by atoms with E-state index in [4.69, 9.17) is 4.74 Å². The number of ether oxygens (including phenoxy) is 2. The van der Waals surface area contributed by atoms with Gasteiger partial charge >= 0.3 is 6.61 Å². The van der Waals surface area contributed by atoms with Gasteiger partial charge in [0, 0.05) is 32.1 Å². The Kier molecular flexibility index (Phi) is 4.58. The monoisotopic (exact) mass is 381 g/mol. The second-order valence-corrected chi connectivity index (χ2v) is 6.22. The predicted octanol–water partition coefficient (Wildman–Crippen LogP) is 1.44. The number of rotatable bonds is 6. The van der Waals surface area contributed by atoms with Gasteiger partial charge in [-0.15, -0.1) is 0 Å². The third-order valence-electron chi connectivity index (χ3n) is 4.24. The average molecular weight is 381 g/mol. The van der Waals surface area contributed by atoms with Crippen molar-refractivity contribution >= 4 is 22.8 Å². The van der Waals surface area contributed by atoms with Crippen LogP contribution >= 0.6 is 0 Å². The fraction of sp³-hybridized carbons (Fsp3) is 0.467. The van der Waals surface area contributed by atoms with Crippen LogP contribution in [-0.4, -0.2) is 60.5 Å². The third kappa shape index (κ3) is 3.95. The second kappa shape index (κ2) is 7.04. The molecule has 27 heavy (non-hydrogen) atoms. The van der Waals surface area contributed by atoms with Gasteiger partial charge in [0.15, 0.2) is 17.3 Å². The van der Waals surface area contributed by atoms with Crippen LogP contribution in [0.3, 0.4) is 0 Å². The van der Waals surface area contributed by atoms with E-state index in [-0.39, 0.29) is 18.2 Å². The van der Waals surface area contributed by atoms with Crippen molar-refractivity contribution in [2.45, 2.75) is 31.6 Å². The van der Waals surface area contributed by atoms with Gasteiger partial charge in [-0.2, -0.15) is 19.0 Å². The number of aromatic nitrogens is 6. The van der Waals surface area contributed by atoms with Crippen molar-refractivity contribution in [2.75, 3.05) is 18.5 Å². The Morgan fingerprint density at radius 2 is 2.15 bits per heavy atom. The third-order valence-corrected chi connectivity index (χ3v) is 4.24. The lowest BCUT2D eigenvalue weighted by Gasteiger charge is -2.31. The molecular formula is C15H17F2N7O3. The van der Waals surface area contributed by atoms with Crippen molar-refractivity contribution in [3.05, 3.63) is 18.5 Å². The number of nitrogens with one attached hydrogen (secondary N) is 2. The molecule has 4 heterocycles. The fourth-order valence-corrected chi connectivity index (χ4v) is 2.87. The molecule has 0 aliphatic carbocycles. The number of nitrogens with zero attached hydrogens (tertiary/aromatic N) is 5. The first-order valence-electron chi connectivity index (χ1n) is 8.27. The van der Waals surface area contributed by atoms with Crippen LogP contribution in [0.4, 0.5) is 20.4 Å². The van der Waals surface area contributed by atoms with Gasteiger partial charge in [-0.1, -0.05) is 0 Å². The molecule has 4 rings (SSSR count). The summed E-state index contributed by atoms with van der Waals surface area (Å²) in [5, 5.41) is 24.0. The number of alkyl halides is 2. The Hall–Kier alpha value is -2.86. The molecule has 0 unspecified atom stereocenters. The Bertz CT molecular complexity index is 923. The molecule has 1 aliphatic heterocycles. The minimum absolute atomic E-state index is 0.173. The molecule has 10 nitrogen and oxygen atoms in total. The first-order chi connectivity index (χ1) is 13.0. The van der Waals surface area contributed by atoms with E-state index < -0.39 is 12.2 Å². The van der Waals surface area contributed by atoms with Gasteiger partial charge in [0.2, 0.25) is 5.88 Å². The minimum atomic E-state index is -2.94. The average Bonchev–Trinajstić information content (AvgIpc) is 3.22. The van der Waals surface area contributed by atoms with E-state index in [2.05, 4.69) is 35.3 Å². The van der Waals surface area contributed by atoms with Crippen molar-refractivity contribution in [1.29, 1.82) is 0 Å². The van der Waals surface area contributed by atoms with E-state index >= 15 is 0 Å². The summed E-state index contributed by atoms with van der Waals surface area (Å²) in [4.78, 5) is 8.70. The van der Waals surface area contributed by atoms with Crippen molar-refractivity contribution < 1.29 is 23.4 Å². The van der Waals surface area contributed by atoms with E-state index in [1.807, 2.05) is 0 Å². The Morgan fingerprint density at radius 3 is 2.93 bits per heavy atom. The highest BCUT2D eigenvalue weighted by Crippen LogP contribution is 2.24. The number of fused-ring (bicyclic) bond motifs is 1. The second-order valence-electron chi connectivity index (χ2n) is 6.22. The lowest BCUT2D eigenvalue weighted by atomic mass is 9.94. The number of hydrogen-bond acceptors (Lipinski definition) is 8. The number of aliphatic hydroxyl groups is 1. The summed E-state index contributed by atoms with van der Waals surface area (Å²) in [6.45, 7) is -1.68. The van der Waals surface area contributed by atoms with E-state index in [0.717, 1.165) is 0 Å². The Morgan fingerprint density at radius 1 is 1.33 bits per heavy atom. The molecule has 1 fully saturated rings. The van der Waals surface area contributed by atoms with Crippen molar-refractivity contribution in [1.82, 2.24) is 29.9 Å². The standard InChI is InChI=1S/C15H17F2N7O3/c16-14(17)27-12-5-10(22-23-12)20-11-7-18-9-6-19-24(13(9)21-11)8-15(25)1-3-26-4-2-15/h5-7,14,25H,1-4,8H2,(H2,20,21,22,23). The van der Waals surface area contributed by atoms with Crippen LogP contribution in [0.25, 0.3) is 11.2 Å². The summed E-state index contributed by atoms with van der Waals surface area (Å²) in [7, 11) is 0. The molecule has 0 atom stereocenters. The number of H-pyrrole nitrogens is 1. The summed E-state index contributed by atoms with van der Waals surface area (Å²) in [6, 6.07) is 1.28. The maximum atomic E-state index is 12.2. The molecule has 0 amide bonds. The van der Waals surface area contributed by atoms with Crippen LogP contribution in [0.5, 0.6) is 5.88 Å². The van der Waals surface area contributed by atoms with Gasteiger partial charge in [-0.3, -0.25) is 0 Å². The van der Waals surface area contributed by atoms with Crippen molar-refractivity contribution in [2.24, 2.45) is 0 Å². The molecule has 12 heteroatoms. The van der Waals surface area contributed by atoms with E-state index in [1.165, 1.54) is 12.3 Å². The molecule has 3 N–H and O–H groups in total. The number of aromatic amines is 1. The summed E-state index contributed by atoms with van der Waals surface area (Å²) in [5.74, 6) is 0.417. The number of hydrogen-bond donors (Lipinski definition) is 3. The normalized spacial score (nSPS) is 16.7. The first kappa shape index (κ1) is 17.5. The van der Waals surface area contributed by atoms with E-state index in [0.29, 0.717) is 43.0 Å². The molecule has 3 aromatic rings. The van der Waals surface area contributed by atoms with Gasteiger partial charge in [-0.05, 0) is 0 Å². The van der Waals surface area contributed by atoms with Crippen molar-refractivity contribution in [3.63, 3.8) is 0 Å². The van der Waals surface area contributed by atoms with Gasteiger partial charge in [-0.25, -0.2) is 19.7 Å². The largest absolute Gasteiger partial charge is 0.417 e. The lowest BCUT2D eigenvalue weighted by molar-refractivity contribution is -0.0739. The quantitative estimate of drug-likeness (QED) is 0.586. The zero-order chi connectivity index (χ0) is 18.9. The minimum Gasteiger partial charge on any atom is -0.417 e. The molecule has 1 saturated heterocycles. The molecule has 1 aliphatic rings. The van der Waals surface area contributed by atoms with Crippen LogP contribution in [-0.2, 0) is 11.3 Å². The van der Waals surface area contributed by atoms with Gasteiger partial charge in [0.1, 0.15) is 5.52 Å².